The average molecular weight is 213 g/mol. The van der Waals surface area contributed by atoms with Crippen molar-refractivity contribution in [3.63, 3.8) is 0 Å². The van der Waals surface area contributed by atoms with Crippen LogP contribution < -0.4 is 5.32 Å². The van der Waals surface area contributed by atoms with Gasteiger partial charge < -0.3 is 10.1 Å². The van der Waals surface area contributed by atoms with Crippen LogP contribution in [0.4, 0.5) is 0 Å². The first-order valence-corrected chi connectivity index (χ1v) is 6.40. The third-order valence-corrected chi connectivity index (χ3v) is 3.61. The standard InChI is InChI=1S/C13H27NO/c1-13(2,15-3)9-10-14-11-12-7-5-4-6-8-12/h12,14H,4-11H2,1-3H3. The zero-order valence-corrected chi connectivity index (χ0v) is 10.6. The first kappa shape index (κ1) is 13.0. The third-order valence-electron chi connectivity index (χ3n) is 3.61. The predicted molar refractivity (Wildman–Crippen MR) is 65.1 cm³/mol. The molecule has 0 bridgehead atoms. The van der Waals surface area contributed by atoms with Gasteiger partial charge in [-0.1, -0.05) is 19.3 Å². The Kier molecular flexibility index (Phi) is 5.62. The van der Waals surface area contributed by atoms with Crippen LogP contribution in [-0.4, -0.2) is 25.8 Å². The van der Waals surface area contributed by atoms with Crippen LogP contribution in [0, 0.1) is 5.92 Å². The fraction of sp³-hybridized carbons (Fsp3) is 1.00. The highest BCUT2D eigenvalue weighted by Gasteiger charge is 2.16. The SMILES string of the molecule is COC(C)(C)CCNCC1CCCCC1. The lowest BCUT2D eigenvalue weighted by Gasteiger charge is -2.25. The maximum absolute atomic E-state index is 5.39. The molecule has 1 saturated carbocycles. The van der Waals surface area contributed by atoms with Crippen molar-refractivity contribution in [2.45, 2.75) is 58.0 Å². The highest BCUT2D eigenvalue weighted by molar-refractivity contribution is 4.71. The summed E-state index contributed by atoms with van der Waals surface area (Å²) in [6, 6.07) is 0. The zero-order valence-electron chi connectivity index (χ0n) is 10.6. The molecule has 0 atom stereocenters. The van der Waals surface area contributed by atoms with Crippen LogP contribution in [0.1, 0.15) is 52.4 Å². The summed E-state index contributed by atoms with van der Waals surface area (Å²) >= 11 is 0. The van der Waals surface area contributed by atoms with Crippen LogP contribution in [0.15, 0.2) is 0 Å². The molecule has 1 aliphatic carbocycles. The summed E-state index contributed by atoms with van der Waals surface area (Å²) in [6.07, 6.45) is 8.29. The molecule has 90 valence electrons. The van der Waals surface area contributed by atoms with E-state index in [1.807, 2.05) is 0 Å². The number of hydrogen-bond donors (Lipinski definition) is 1. The molecule has 0 saturated heterocycles. The van der Waals surface area contributed by atoms with Gasteiger partial charge in [0.1, 0.15) is 0 Å². The molecule has 0 heterocycles. The molecule has 1 rings (SSSR count). The number of nitrogens with one attached hydrogen (secondary N) is 1. The van der Waals surface area contributed by atoms with Crippen molar-refractivity contribution in [2.24, 2.45) is 5.92 Å². The van der Waals surface area contributed by atoms with Crippen LogP contribution in [-0.2, 0) is 4.74 Å². The normalized spacial score (nSPS) is 19.4. The minimum Gasteiger partial charge on any atom is -0.379 e. The first-order valence-electron chi connectivity index (χ1n) is 6.40. The Balaban J connectivity index is 2.00. The summed E-state index contributed by atoms with van der Waals surface area (Å²) in [5, 5.41) is 3.57. The van der Waals surface area contributed by atoms with Gasteiger partial charge in [0.25, 0.3) is 0 Å². The van der Waals surface area contributed by atoms with Gasteiger partial charge in [-0.15, -0.1) is 0 Å². The van der Waals surface area contributed by atoms with E-state index in [1.165, 1.54) is 38.6 Å². The van der Waals surface area contributed by atoms with E-state index in [0.29, 0.717) is 0 Å². The number of ether oxygens (including phenoxy) is 1. The quantitative estimate of drug-likeness (QED) is 0.685. The van der Waals surface area contributed by atoms with E-state index in [2.05, 4.69) is 19.2 Å². The molecule has 0 aromatic heterocycles. The molecule has 15 heavy (non-hydrogen) atoms. The molecule has 2 nitrogen and oxygen atoms in total. The Morgan fingerprint density at radius 1 is 1.20 bits per heavy atom. The zero-order chi connectivity index (χ0) is 11.1. The summed E-state index contributed by atoms with van der Waals surface area (Å²) in [6.45, 7) is 6.59. The van der Waals surface area contributed by atoms with Crippen molar-refractivity contribution in [3.05, 3.63) is 0 Å². The van der Waals surface area contributed by atoms with Crippen LogP contribution in [0.5, 0.6) is 0 Å². The van der Waals surface area contributed by atoms with Crippen LogP contribution in [0.25, 0.3) is 0 Å². The third kappa shape index (κ3) is 5.53. The van der Waals surface area contributed by atoms with Crippen molar-refractivity contribution < 1.29 is 4.74 Å². The second-order valence-corrected chi connectivity index (χ2v) is 5.42. The van der Waals surface area contributed by atoms with Crippen LogP contribution >= 0.6 is 0 Å². The fourth-order valence-electron chi connectivity index (χ4n) is 2.19. The van der Waals surface area contributed by atoms with Crippen molar-refractivity contribution in [1.82, 2.24) is 5.32 Å². The summed E-state index contributed by atoms with van der Waals surface area (Å²) in [4.78, 5) is 0. The minimum atomic E-state index is 0.0273. The van der Waals surface area contributed by atoms with Crippen LogP contribution in [0.2, 0.25) is 0 Å². The molecule has 0 radical (unpaired) electrons. The Morgan fingerprint density at radius 2 is 1.87 bits per heavy atom. The largest absolute Gasteiger partial charge is 0.379 e. The van der Waals surface area contributed by atoms with Gasteiger partial charge in [0.05, 0.1) is 5.60 Å². The van der Waals surface area contributed by atoms with E-state index in [4.69, 9.17) is 4.74 Å². The second kappa shape index (κ2) is 6.49. The van der Waals surface area contributed by atoms with E-state index in [1.54, 1.807) is 7.11 Å². The molecule has 0 aromatic rings. The predicted octanol–water partition coefficient (Wildman–Crippen LogP) is 2.97. The van der Waals surface area contributed by atoms with E-state index in [-0.39, 0.29) is 5.60 Å². The molecule has 0 spiro atoms. The van der Waals surface area contributed by atoms with Crippen molar-refractivity contribution in [1.29, 1.82) is 0 Å². The second-order valence-electron chi connectivity index (χ2n) is 5.42. The van der Waals surface area contributed by atoms with Gasteiger partial charge in [0.2, 0.25) is 0 Å². The van der Waals surface area contributed by atoms with Gasteiger partial charge in [-0.25, -0.2) is 0 Å². The monoisotopic (exact) mass is 213 g/mol. The van der Waals surface area contributed by atoms with Crippen molar-refractivity contribution in [3.8, 4) is 0 Å². The lowest BCUT2D eigenvalue weighted by molar-refractivity contribution is 0.0156. The molecule has 1 aliphatic rings. The number of methoxy groups -OCH3 is 1. The molecule has 0 aliphatic heterocycles. The van der Waals surface area contributed by atoms with Crippen molar-refractivity contribution >= 4 is 0 Å². The number of rotatable bonds is 6. The van der Waals surface area contributed by atoms with E-state index < -0.39 is 0 Å². The summed E-state index contributed by atoms with van der Waals surface area (Å²) in [5.74, 6) is 0.935. The molecular formula is C13H27NO. The molecule has 2 heteroatoms. The maximum atomic E-state index is 5.39. The Morgan fingerprint density at radius 3 is 2.47 bits per heavy atom. The summed E-state index contributed by atoms with van der Waals surface area (Å²) < 4.78 is 5.39. The number of hydrogen-bond acceptors (Lipinski definition) is 2. The molecular weight excluding hydrogens is 186 g/mol. The van der Waals surface area contributed by atoms with E-state index in [9.17, 15) is 0 Å². The highest BCUT2D eigenvalue weighted by Crippen LogP contribution is 2.22. The molecule has 0 unspecified atom stereocenters. The van der Waals surface area contributed by atoms with Gasteiger partial charge in [-0.2, -0.15) is 0 Å². The lowest BCUT2D eigenvalue weighted by Crippen LogP contribution is -2.31. The first-order chi connectivity index (χ1) is 7.14. The Hall–Kier alpha value is -0.0800. The molecule has 0 amide bonds. The highest BCUT2D eigenvalue weighted by atomic mass is 16.5. The van der Waals surface area contributed by atoms with Gasteiger partial charge in [-0.3, -0.25) is 0 Å². The average Bonchev–Trinajstić information content (AvgIpc) is 2.26. The Bertz CT molecular complexity index is 162. The van der Waals surface area contributed by atoms with E-state index in [0.717, 1.165) is 18.9 Å². The smallest absolute Gasteiger partial charge is 0.0634 e. The van der Waals surface area contributed by atoms with Crippen molar-refractivity contribution in [2.75, 3.05) is 20.2 Å². The minimum absolute atomic E-state index is 0.0273. The fourth-order valence-corrected chi connectivity index (χ4v) is 2.19. The van der Waals surface area contributed by atoms with E-state index >= 15 is 0 Å². The topological polar surface area (TPSA) is 21.3 Å². The van der Waals surface area contributed by atoms with Gasteiger partial charge in [0, 0.05) is 7.11 Å². The molecule has 0 aromatic carbocycles. The molecule has 1 N–H and O–H groups in total. The molecule has 1 fully saturated rings. The summed E-state index contributed by atoms with van der Waals surface area (Å²) in [5.41, 5.74) is 0.0273. The maximum Gasteiger partial charge on any atom is 0.0634 e. The van der Waals surface area contributed by atoms with Gasteiger partial charge in [0.15, 0.2) is 0 Å². The van der Waals surface area contributed by atoms with Gasteiger partial charge in [-0.05, 0) is 52.1 Å². The summed E-state index contributed by atoms with van der Waals surface area (Å²) in [7, 11) is 1.79. The Labute approximate surface area is 94.8 Å². The lowest BCUT2D eigenvalue weighted by atomic mass is 9.89. The van der Waals surface area contributed by atoms with Gasteiger partial charge >= 0.3 is 0 Å². The van der Waals surface area contributed by atoms with Crippen LogP contribution in [0.3, 0.4) is 0 Å².